The zero-order valence-corrected chi connectivity index (χ0v) is 19.4. The molecule has 8 heteroatoms. The predicted molar refractivity (Wildman–Crippen MR) is 125 cm³/mol. The normalized spacial score (nSPS) is 12.2. The Kier molecular flexibility index (Phi) is 7.00. The topological polar surface area (TPSA) is 81.1 Å². The molecule has 0 radical (unpaired) electrons. The average Bonchev–Trinajstić information content (AvgIpc) is 3.04. The summed E-state index contributed by atoms with van der Waals surface area (Å²) in [5.41, 5.74) is 2.30. The molecule has 1 amide bonds. The van der Waals surface area contributed by atoms with Crippen LogP contribution in [0.5, 0.6) is 0 Å². The van der Waals surface area contributed by atoms with E-state index in [-0.39, 0.29) is 17.4 Å². The van der Waals surface area contributed by atoms with Crippen LogP contribution in [-0.4, -0.2) is 38.8 Å². The fourth-order valence-corrected chi connectivity index (χ4v) is 4.03. The third-order valence-electron chi connectivity index (χ3n) is 4.80. The van der Waals surface area contributed by atoms with Crippen LogP contribution in [0.2, 0.25) is 0 Å². The van der Waals surface area contributed by atoms with Crippen molar-refractivity contribution in [2.45, 2.75) is 53.3 Å². The van der Waals surface area contributed by atoms with Crippen molar-refractivity contribution in [3.05, 3.63) is 30.1 Å². The average molecular weight is 430 g/mol. The number of hydrogen-bond donors (Lipinski definition) is 2. The van der Waals surface area contributed by atoms with Crippen LogP contribution in [0.4, 0.5) is 5.82 Å². The molecule has 2 aromatic heterocycles. The molecule has 0 aliphatic rings. The first-order valence-corrected chi connectivity index (χ1v) is 11.5. The molecule has 0 spiro atoms. The number of carbonyl (C=O) groups is 1. The fourth-order valence-electron chi connectivity index (χ4n) is 3.41. The largest absolute Gasteiger partial charge is 0.374 e. The smallest absolute Gasteiger partial charge is 0.228 e. The van der Waals surface area contributed by atoms with Gasteiger partial charge in [0, 0.05) is 30.0 Å². The second-order valence-corrected chi connectivity index (χ2v) is 8.87. The van der Waals surface area contributed by atoms with Crippen LogP contribution < -0.4 is 10.0 Å². The van der Waals surface area contributed by atoms with Gasteiger partial charge in [-0.3, -0.25) is 9.52 Å². The SMILES string of the molecule is CCOCc1nc2c(NC(=O)C(C)C)nc3ccccc3c2n1CC(C)(C)NSC. The highest BCUT2D eigenvalue weighted by Gasteiger charge is 2.25. The van der Waals surface area contributed by atoms with Crippen molar-refractivity contribution in [1.29, 1.82) is 0 Å². The Bertz CT molecular complexity index is 1040. The Balaban J connectivity index is 2.27. The van der Waals surface area contributed by atoms with E-state index in [1.807, 2.05) is 45.2 Å². The van der Waals surface area contributed by atoms with Gasteiger partial charge in [0.1, 0.15) is 17.9 Å². The third kappa shape index (κ3) is 4.77. The lowest BCUT2D eigenvalue weighted by molar-refractivity contribution is -0.118. The molecule has 7 nitrogen and oxygen atoms in total. The molecule has 0 fully saturated rings. The molecule has 0 aliphatic carbocycles. The van der Waals surface area contributed by atoms with E-state index in [0.717, 1.165) is 22.2 Å². The summed E-state index contributed by atoms with van der Waals surface area (Å²) >= 11 is 1.59. The van der Waals surface area contributed by atoms with Crippen molar-refractivity contribution in [2.75, 3.05) is 18.2 Å². The molecule has 0 bridgehead atoms. The van der Waals surface area contributed by atoms with E-state index < -0.39 is 0 Å². The maximum Gasteiger partial charge on any atom is 0.228 e. The molecule has 162 valence electrons. The summed E-state index contributed by atoms with van der Waals surface area (Å²) in [4.78, 5) is 22.1. The number of aromatic nitrogens is 3. The van der Waals surface area contributed by atoms with E-state index in [0.29, 0.717) is 31.1 Å². The van der Waals surface area contributed by atoms with E-state index in [1.54, 1.807) is 11.9 Å². The van der Waals surface area contributed by atoms with E-state index in [4.69, 9.17) is 14.7 Å². The number of amides is 1. The zero-order chi connectivity index (χ0) is 21.9. The van der Waals surface area contributed by atoms with Crippen molar-refractivity contribution >= 4 is 45.6 Å². The Morgan fingerprint density at radius 2 is 2.00 bits per heavy atom. The molecule has 30 heavy (non-hydrogen) atoms. The summed E-state index contributed by atoms with van der Waals surface area (Å²) in [5.74, 6) is 1.09. The lowest BCUT2D eigenvalue weighted by Gasteiger charge is -2.27. The fraction of sp³-hybridized carbons (Fsp3) is 0.500. The Hall–Kier alpha value is -2.16. The highest BCUT2D eigenvalue weighted by Crippen LogP contribution is 2.32. The van der Waals surface area contributed by atoms with Gasteiger partial charge in [0.15, 0.2) is 5.82 Å². The summed E-state index contributed by atoms with van der Waals surface area (Å²) < 4.78 is 11.4. The number of nitrogens with zero attached hydrogens (tertiary/aromatic N) is 3. The molecule has 0 saturated carbocycles. The Morgan fingerprint density at radius 3 is 2.67 bits per heavy atom. The van der Waals surface area contributed by atoms with E-state index in [9.17, 15) is 4.79 Å². The summed E-state index contributed by atoms with van der Waals surface area (Å²) in [6, 6.07) is 7.97. The predicted octanol–water partition coefficient (Wildman–Crippen LogP) is 4.36. The van der Waals surface area contributed by atoms with Crippen LogP contribution in [0.1, 0.15) is 40.4 Å². The summed E-state index contributed by atoms with van der Waals surface area (Å²) in [5, 5.41) is 3.98. The highest BCUT2D eigenvalue weighted by molar-refractivity contribution is 7.96. The second-order valence-electron chi connectivity index (χ2n) is 8.26. The lowest BCUT2D eigenvalue weighted by Crippen LogP contribution is -2.39. The van der Waals surface area contributed by atoms with Gasteiger partial charge in [0.2, 0.25) is 5.91 Å². The molecule has 0 aliphatic heterocycles. The molecule has 0 unspecified atom stereocenters. The third-order valence-corrected chi connectivity index (χ3v) is 5.55. The van der Waals surface area contributed by atoms with Gasteiger partial charge in [-0.1, -0.05) is 44.0 Å². The first-order chi connectivity index (χ1) is 14.3. The molecule has 3 aromatic rings. The van der Waals surface area contributed by atoms with Crippen LogP contribution in [0.25, 0.3) is 21.9 Å². The first-order valence-electron chi connectivity index (χ1n) is 10.2. The Morgan fingerprint density at radius 1 is 1.27 bits per heavy atom. The molecule has 0 saturated heterocycles. The molecule has 1 aromatic carbocycles. The van der Waals surface area contributed by atoms with Crippen molar-refractivity contribution in [3.8, 4) is 0 Å². The van der Waals surface area contributed by atoms with Gasteiger partial charge in [0.25, 0.3) is 0 Å². The number of nitrogens with one attached hydrogen (secondary N) is 2. The summed E-state index contributed by atoms with van der Waals surface area (Å²) in [6.07, 6.45) is 2.02. The monoisotopic (exact) mass is 429 g/mol. The van der Waals surface area contributed by atoms with Crippen LogP contribution in [0.3, 0.4) is 0 Å². The van der Waals surface area contributed by atoms with Gasteiger partial charge in [-0.05, 0) is 33.1 Å². The minimum absolute atomic E-state index is 0.0793. The van der Waals surface area contributed by atoms with Crippen LogP contribution in [0, 0.1) is 5.92 Å². The number of anilines is 1. The van der Waals surface area contributed by atoms with Gasteiger partial charge in [-0.25, -0.2) is 9.97 Å². The van der Waals surface area contributed by atoms with Gasteiger partial charge in [-0.15, -0.1) is 0 Å². The number of hydrogen-bond acceptors (Lipinski definition) is 6. The number of benzene rings is 1. The number of ether oxygens (including phenoxy) is 1. The number of para-hydroxylation sites is 1. The minimum atomic E-state index is -0.181. The number of fused-ring (bicyclic) bond motifs is 3. The molecule has 2 N–H and O–H groups in total. The van der Waals surface area contributed by atoms with Crippen molar-refractivity contribution < 1.29 is 9.53 Å². The number of carbonyl (C=O) groups excluding carboxylic acids is 1. The van der Waals surface area contributed by atoms with E-state index >= 15 is 0 Å². The lowest BCUT2D eigenvalue weighted by atomic mass is 10.1. The van der Waals surface area contributed by atoms with Gasteiger partial charge < -0.3 is 14.6 Å². The van der Waals surface area contributed by atoms with E-state index in [1.165, 1.54) is 0 Å². The molecular weight excluding hydrogens is 398 g/mol. The van der Waals surface area contributed by atoms with Crippen molar-refractivity contribution in [1.82, 2.24) is 19.3 Å². The van der Waals surface area contributed by atoms with Crippen LogP contribution >= 0.6 is 11.9 Å². The van der Waals surface area contributed by atoms with Gasteiger partial charge in [-0.2, -0.15) is 0 Å². The summed E-state index contributed by atoms with van der Waals surface area (Å²) in [7, 11) is 0. The second kappa shape index (κ2) is 9.32. The molecule has 2 heterocycles. The zero-order valence-electron chi connectivity index (χ0n) is 18.6. The standard InChI is InChI=1S/C22H31N5O2S/c1-7-29-12-17-24-18-19(27(17)13-22(4,5)26-30-6)15-10-8-9-11-16(15)23-20(18)25-21(28)14(2)3/h8-11,14,26H,7,12-13H2,1-6H3,(H,23,25,28). The van der Waals surface area contributed by atoms with Crippen LogP contribution in [0.15, 0.2) is 24.3 Å². The Labute approximate surface area is 182 Å². The van der Waals surface area contributed by atoms with Crippen molar-refractivity contribution in [2.24, 2.45) is 5.92 Å². The number of rotatable bonds is 9. The minimum Gasteiger partial charge on any atom is -0.374 e. The molecule has 3 rings (SSSR count). The molecular formula is C22H31N5O2S. The summed E-state index contributed by atoms with van der Waals surface area (Å²) in [6.45, 7) is 11.7. The number of imidazole rings is 1. The highest BCUT2D eigenvalue weighted by atomic mass is 32.2. The number of pyridine rings is 1. The quantitative estimate of drug-likeness (QED) is 0.492. The molecule has 0 atom stereocenters. The maximum absolute atomic E-state index is 12.4. The van der Waals surface area contributed by atoms with Crippen molar-refractivity contribution in [3.63, 3.8) is 0 Å². The van der Waals surface area contributed by atoms with Gasteiger partial charge in [0.05, 0.1) is 11.0 Å². The first kappa shape index (κ1) is 22.5. The van der Waals surface area contributed by atoms with Gasteiger partial charge >= 0.3 is 0 Å². The van der Waals surface area contributed by atoms with Crippen LogP contribution in [-0.2, 0) is 22.7 Å². The maximum atomic E-state index is 12.4. The van der Waals surface area contributed by atoms with E-state index in [2.05, 4.69) is 34.5 Å².